The molecule has 4 heterocycles. The molecule has 0 radical (unpaired) electrons. The monoisotopic (exact) mass is 936 g/mol. The maximum Gasteiger partial charge on any atom is 0.391 e. The molecule has 64 heavy (non-hydrogen) atoms. The van der Waals surface area contributed by atoms with E-state index in [0.717, 1.165) is 0 Å². The lowest BCUT2D eigenvalue weighted by Gasteiger charge is -2.51. The number of carbonyl (C=O) groups excluding carboxylic acids is 1. The third kappa shape index (κ3) is 11.2. The van der Waals surface area contributed by atoms with Gasteiger partial charge in [-0.25, -0.2) is 0 Å². The van der Waals surface area contributed by atoms with Crippen LogP contribution in [0.5, 0.6) is 0 Å². The van der Waals surface area contributed by atoms with Gasteiger partial charge in [0.25, 0.3) is 0 Å². The summed E-state index contributed by atoms with van der Waals surface area (Å²) in [6, 6.07) is 0. The number of ether oxygens (including phenoxy) is 8. The number of rotatable bonds is 11. The summed E-state index contributed by atoms with van der Waals surface area (Å²) in [5, 5.41) is 129. The van der Waals surface area contributed by atoms with Crippen molar-refractivity contribution in [2.24, 2.45) is 23.7 Å². The minimum absolute atomic E-state index is 0.0493. The topological polar surface area (TPSA) is 334 Å². The highest BCUT2D eigenvalue weighted by molar-refractivity contribution is 5.72. The number of esters is 1. The Labute approximate surface area is 365 Å². The van der Waals surface area contributed by atoms with Gasteiger partial charge in [0.2, 0.25) is 0 Å². The Morgan fingerprint density at radius 3 is 1.92 bits per heavy atom. The highest BCUT2D eigenvalue weighted by Gasteiger charge is 2.55. The van der Waals surface area contributed by atoms with Crippen LogP contribution >= 0.6 is 0 Å². The molecule has 4 saturated heterocycles. The highest BCUT2D eigenvalue weighted by Crippen LogP contribution is 2.44. The van der Waals surface area contributed by atoms with Gasteiger partial charge in [0.1, 0.15) is 73.8 Å². The number of carbonyl (C=O) groups is 1. The Hall–Kier alpha value is -1.50. The van der Waals surface area contributed by atoms with E-state index in [4.69, 9.17) is 37.9 Å². The van der Waals surface area contributed by atoms with Gasteiger partial charge in [-0.15, -0.1) is 0 Å². The van der Waals surface area contributed by atoms with Crippen LogP contribution in [0, 0.1) is 23.7 Å². The second-order valence-electron chi connectivity index (χ2n) is 18.6. The molecule has 12 N–H and O–H groups in total. The number of fused-ring (bicyclic) bond motifs is 1. The lowest BCUT2D eigenvalue weighted by molar-refractivity contribution is -0.376. The van der Waals surface area contributed by atoms with E-state index >= 15 is 0 Å². The fourth-order valence-electron chi connectivity index (χ4n) is 10.2. The van der Waals surface area contributed by atoms with Gasteiger partial charge in [-0.3, -0.25) is 4.79 Å². The average Bonchev–Trinajstić information content (AvgIpc) is 3.25. The van der Waals surface area contributed by atoms with Crippen molar-refractivity contribution >= 4 is 5.97 Å². The molecule has 24 heteroatoms. The van der Waals surface area contributed by atoms with Gasteiger partial charge in [0.15, 0.2) is 18.9 Å². The average molecular weight is 937 g/mol. The van der Waals surface area contributed by atoms with Gasteiger partial charge in [-0.05, 0) is 70.1 Å². The third-order valence-corrected chi connectivity index (χ3v) is 14.2. The summed E-state index contributed by atoms with van der Waals surface area (Å²) in [6.07, 6.45) is -35.1. The molecule has 7 aliphatic rings. The summed E-state index contributed by atoms with van der Waals surface area (Å²) in [4.78, 5) is 12.8. The Morgan fingerprint density at radius 1 is 0.578 bits per heavy atom. The fraction of sp³-hybridized carbons (Fsp3) is 0.975. The van der Waals surface area contributed by atoms with E-state index < -0.39 is 184 Å². The van der Waals surface area contributed by atoms with Crippen LogP contribution in [0.15, 0.2) is 0 Å². The Bertz CT molecular complexity index is 1510. The lowest BCUT2D eigenvalue weighted by atomic mass is 9.72. The molecule has 370 valence electrons. The zero-order chi connectivity index (χ0) is 46.4. The maximum absolute atomic E-state index is 13.1. The van der Waals surface area contributed by atoms with Crippen molar-refractivity contribution in [2.75, 3.05) is 19.8 Å². The first-order chi connectivity index (χ1) is 30.2. The molecule has 3 aliphatic carbocycles. The van der Waals surface area contributed by atoms with Crippen LogP contribution in [0.4, 0.5) is 13.2 Å². The Balaban J connectivity index is 1.06. The number of aliphatic hydroxyl groups excluding tert-OH is 12. The van der Waals surface area contributed by atoms with E-state index in [2.05, 4.69) is 0 Å². The van der Waals surface area contributed by atoms with Gasteiger partial charge >= 0.3 is 12.1 Å². The summed E-state index contributed by atoms with van der Waals surface area (Å²) in [7, 11) is 0. The van der Waals surface area contributed by atoms with Crippen LogP contribution in [0.1, 0.15) is 64.2 Å². The molecule has 3 saturated carbocycles. The van der Waals surface area contributed by atoms with Crippen molar-refractivity contribution in [3.8, 4) is 0 Å². The van der Waals surface area contributed by atoms with Crippen molar-refractivity contribution in [1.82, 2.24) is 0 Å². The maximum atomic E-state index is 13.1. The van der Waals surface area contributed by atoms with Gasteiger partial charge in [0, 0.05) is 5.92 Å². The van der Waals surface area contributed by atoms with Crippen molar-refractivity contribution in [1.29, 1.82) is 0 Å². The van der Waals surface area contributed by atoms with Crippen LogP contribution in [-0.4, -0.2) is 222 Å². The van der Waals surface area contributed by atoms with Gasteiger partial charge in [-0.2, -0.15) is 13.2 Å². The van der Waals surface area contributed by atoms with Gasteiger partial charge in [-0.1, -0.05) is 0 Å². The SMILES string of the molecule is O=C(OCC1OC(OCC2OC(OC3CC4C(O)CC(O)CC4OC3C3CCC(O)C(O)C3)C(OC3OCC(O)C(O)C3O)C(O)C2O)C(O)C(O)C1O)C1CCC(C(F)(F)F)CC1. The molecule has 23 unspecified atom stereocenters. The molecular formula is C40H63F3O21. The quantitative estimate of drug-likeness (QED) is 0.0884. The molecule has 0 aromatic heterocycles. The van der Waals surface area contributed by atoms with E-state index in [-0.39, 0.29) is 57.8 Å². The van der Waals surface area contributed by atoms with Crippen LogP contribution in [0.3, 0.4) is 0 Å². The smallest absolute Gasteiger partial charge is 0.391 e. The highest BCUT2D eigenvalue weighted by atomic mass is 19.4. The van der Waals surface area contributed by atoms with Crippen LogP contribution in [0.2, 0.25) is 0 Å². The van der Waals surface area contributed by atoms with E-state index in [9.17, 15) is 79.2 Å². The predicted molar refractivity (Wildman–Crippen MR) is 201 cm³/mol. The Morgan fingerprint density at radius 2 is 1.23 bits per heavy atom. The van der Waals surface area contributed by atoms with Crippen molar-refractivity contribution in [3.05, 3.63) is 0 Å². The molecule has 7 fully saturated rings. The molecular weight excluding hydrogens is 873 g/mol. The lowest BCUT2D eigenvalue weighted by Crippen LogP contribution is -2.65. The molecule has 7 rings (SSSR count). The second kappa shape index (κ2) is 21.0. The number of alkyl halides is 3. The minimum Gasteiger partial charge on any atom is -0.463 e. The Kier molecular flexibility index (Phi) is 16.5. The summed E-state index contributed by atoms with van der Waals surface area (Å²) < 4.78 is 86.6. The van der Waals surface area contributed by atoms with E-state index in [1.54, 1.807) is 0 Å². The minimum atomic E-state index is -4.39. The predicted octanol–water partition coefficient (Wildman–Crippen LogP) is -3.81. The van der Waals surface area contributed by atoms with E-state index in [1.807, 2.05) is 0 Å². The zero-order valence-corrected chi connectivity index (χ0v) is 34.8. The summed E-state index contributed by atoms with van der Waals surface area (Å²) >= 11 is 0. The number of aliphatic hydroxyl groups is 12. The second-order valence-corrected chi connectivity index (χ2v) is 18.6. The van der Waals surface area contributed by atoms with E-state index in [1.165, 1.54) is 0 Å². The standard InChI is InChI=1S/C40H63F3O21/c41-40(42,43)16-4-1-14(2-5-16)36(56)57-12-25-28(50)30(52)33(55)37(62-25)59-13-26-29(51)31(53)35(64-38-32(54)27(49)22(48)11-58-38)39(63-26)61-24-10-18-20(46)8-17(44)9-23(18)60-34(24)15-3-6-19(45)21(47)7-15/h14-35,37-39,44-55H,1-13H2. The van der Waals surface area contributed by atoms with E-state index in [0.29, 0.717) is 6.42 Å². The van der Waals surface area contributed by atoms with Crippen LogP contribution in [0.25, 0.3) is 0 Å². The largest absolute Gasteiger partial charge is 0.463 e. The molecule has 4 aliphatic heterocycles. The summed E-state index contributed by atoms with van der Waals surface area (Å²) in [5.41, 5.74) is 0. The fourth-order valence-corrected chi connectivity index (χ4v) is 10.2. The van der Waals surface area contributed by atoms with Gasteiger partial charge < -0.3 is 99.2 Å². The normalized spacial score (nSPS) is 50.6. The summed E-state index contributed by atoms with van der Waals surface area (Å²) in [6.45, 7) is -1.90. The first-order valence-electron chi connectivity index (χ1n) is 22.1. The molecule has 0 aromatic carbocycles. The summed E-state index contributed by atoms with van der Waals surface area (Å²) in [5.74, 6) is -4.21. The molecule has 0 bridgehead atoms. The van der Waals surface area contributed by atoms with Crippen molar-refractivity contribution < 1.29 is 117 Å². The number of hydrogen-bond acceptors (Lipinski definition) is 21. The molecule has 21 nitrogen and oxygen atoms in total. The van der Waals surface area contributed by atoms with Crippen molar-refractivity contribution in [2.45, 2.75) is 199 Å². The molecule has 0 amide bonds. The number of halogens is 3. The first kappa shape index (κ1) is 50.4. The van der Waals surface area contributed by atoms with Crippen molar-refractivity contribution in [3.63, 3.8) is 0 Å². The van der Waals surface area contributed by atoms with Crippen LogP contribution in [-0.2, 0) is 42.7 Å². The molecule has 0 spiro atoms. The van der Waals surface area contributed by atoms with Crippen LogP contribution < -0.4 is 0 Å². The number of hydrogen-bond donors (Lipinski definition) is 12. The molecule has 23 atom stereocenters. The van der Waals surface area contributed by atoms with Gasteiger partial charge in [0.05, 0.1) is 67.8 Å². The zero-order valence-electron chi connectivity index (χ0n) is 34.8. The molecule has 0 aromatic rings. The third-order valence-electron chi connectivity index (χ3n) is 14.2. The first-order valence-corrected chi connectivity index (χ1v) is 22.1.